The molecule has 0 spiro atoms. The number of aromatic nitrogens is 2. The van der Waals surface area contributed by atoms with Gasteiger partial charge in [0.15, 0.2) is 0 Å². The lowest BCUT2D eigenvalue weighted by molar-refractivity contribution is 0.147. The van der Waals surface area contributed by atoms with E-state index in [0.717, 1.165) is 17.2 Å². The SMILES string of the molecule is COCC(CCO)NCc1cnc(C)n1-c1ccccc1. The Bertz CT molecular complexity index is 534. The Morgan fingerprint density at radius 2 is 2.10 bits per heavy atom. The molecule has 5 nitrogen and oxygen atoms in total. The van der Waals surface area contributed by atoms with E-state index in [-0.39, 0.29) is 12.6 Å². The van der Waals surface area contributed by atoms with Gasteiger partial charge >= 0.3 is 0 Å². The van der Waals surface area contributed by atoms with Crippen LogP contribution in [0.3, 0.4) is 0 Å². The number of aliphatic hydroxyl groups is 1. The Balaban J connectivity index is 2.11. The summed E-state index contributed by atoms with van der Waals surface area (Å²) in [6, 6.07) is 10.3. The maximum absolute atomic E-state index is 9.08. The standard InChI is InChI=1S/C16H23N3O2/c1-13-17-10-16(11-18-14(8-9-20)12-21-2)19(13)15-6-4-3-5-7-15/h3-7,10,14,18,20H,8-9,11-12H2,1-2H3. The van der Waals surface area contributed by atoms with Gasteiger partial charge < -0.3 is 15.2 Å². The molecule has 0 radical (unpaired) electrons. The Hall–Kier alpha value is -1.69. The molecule has 1 aromatic carbocycles. The van der Waals surface area contributed by atoms with Gasteiger partial charge in [0.25, 0.3) is 0 Å². The highest BCUT2D eigenvalue weighted by atomic mass is 16.5. The number of benzene rings is 1. The first-order chi connectivity index (χ1) is 10.3. The third-order valence-electron chi connectivity index (χ3n) is 3.44. The number of nitrogens with one attached hydrogen (secondary N) is 1. The largest absolute Gasteiger partial charge is 0.396 e. The zero-order chi connectivity index (χ0) is 15.1. The lowest BCUT2D eigenvalue weighted by atomic mass is 10.2. The van der Waals surface area contributed by atoms with E-state index in [4.69, 9.17) is 9.84 Å². The first-order valence-corrected chi connectivity index (χ1v) is 7.18. The second kappa shape index (κ2) is 7.93. The minimum absolute atomic E-state index is 0.138. The number of hydrogen-bond acceptors (Lipinski definition) is 4. The lowest BCUT2D eigenvalue weighted by Gasteiger charge is -2.18. The highest BCUT2D eigenvalue weighted by molar-refractivity contribution is 5.35. The molecule has 114 valence electrons. The predicted molar refractivity (Wildman–Crippen MR) is 82.5 cm³/mol. The average molecular weight is 289 g/mol. The highest BCUT2D eigenvalue weighted by Crippen LogP contribution is 2.14. The van der Waals surface area contributed by atoms with Crippen molar-refractivity contribution in [1.82, 2.24) is 14.9 Å². The molecule has 0 bridgehead atoms. The van der Waals surface area contributed by atoms with E-state index >= 15 is 0 Å². The molecule has 0 aliphatic carbocycles. The summed E-state index contributed by atoms with van der Waals surface area (Å²) in [7, 11) is 1.67. The van der Waals surface area contributed by atoms with Crippen molar-refractivity contribution in [3.8, 4) is 5.69 Å². The molecule has 1 aromatic heterocycles. The van der Waals surface area contributed by atoms with Crippen molar-refractivity contribution >= 4 is 0 Å². The number of rotatable bonds is 8. The average Bonchev–Trinajstić information content (AvgIpc) is 2.87. The van der Waals surface area contributed by atoms with Gasteiger partial charge in [-0.2, -0.15) is 0 Å². The number of methoxy groups -OCH3 is 1. The Kier molecular flexibility index (Phi) is 5.92. The zero-order valence-electron chi connectivity index (χ0n) is 12.6. The molecule has 5 heteroatoms. The van der Waals surface area contributed by atoms with Gasteiger partial charge in [-0.25, -0.2) is 4.98 Å². The van der Waals surface area contributed by atoms with Crippen LogP contribution in [0.1, 0.15) is 17.9 Å². The molecule has 0 amide bonds. The summed E-state index contributed by atoms with van der Waals surface area (Å²) < 4.78 is 7.30. The molecule has 0 aliphatic heterocycles. The molecule has 0 fully saturated rings. The van der Waals surface area contributed by atoms with Crippen LogP contribution >= 0.6 is 0 Å². The summed E-state index contributed by atoms with van der Waals surface area (Å²) in [6.45, 7) is 3.41. The first-order valence-electron chi connectivity index (χ1n) is 7.18. The monoisotopic (exact) mass is 289 g/mol. The van der Waals surface area contributed by atoms with E-state index < -0.39 is 0 Å². The van der Waals surface area contributed by atoms with E-state index in [2.05, 4.69) is 27.0 Å². The lowest BCUT2D eigenvalue weighted by Crippen LogP contribution is -2.34. The van der Waals surface area contributed by atoms with Crippen LogP contribution in [0.4, 0.5) is 0 Å². The van der Waals surface area contributed by atoms with Crippen molar-refractivity contribution in [3.63, 3.8) is 0 Å². The fraction of sp³-hybridized carbons (Fsp3) is 0.438. The van der Waals surface area contributed by atoms with Gasteiger partial charge in [-0.3, -0.25) is 4.57 Å². The van der Waals surface area contributed by atoms with E-state index in [9.17, 15) is 0 Å². The van der Waals surface area contributed by atoms with Crippen molar-refractivity contribution in [2.45, 2.75) is 25.9 Å². The number of hydrogen-bond donors (Lipinski definition) is 2. The van der Waals surface area contributed by atoms with Crippen molar-refractivity contribution < 1.29 is 9.84 Å². The molecule has 1 unspecified atom stereocenters. The van der Waals surface area contributed by atoms with Crippen molar-refractivity contribution in [3.05, 3.63) is 48.0 Å². The van der Waals surface area contributed by atoms with Crippen LogP contribution in [0, 0.1) is 6.92 Å². The molecule has 1 atom stereocenters. The predicted octanol–water partition coefficient (Wildman–Crippen LogP) is 1.67. The van der Waals surface area contributed by atoms with Crippen molar-refractivity contribution in [2.75, 3.05) is 20.3 Å². The number of aryl methyl sites for hydroxylation is 1. The number of para-hydroxylation sites is 1. The van der Waals surface area contributed by atoms with Gasteiger partial charge in [0.1, 0.15) is 5.82 Å². The van der Waals surface area contributed by atoms with Crippen LogP contribution in [0.15, 0.2) is 36.5 Å². The van der Waals surface area contributed by atoms with Gasteiger partial charge in [0.2, 0.25) is 0 Å². The number of ether oxygens (including phenoxy) is 1. The van der Waals surface area contributed by atoms with E-state index in [1.807, 2.05) is 31.3 Å². The second-order valence-corrected chi connectivity index (χ2v) is 5.01. The van der Waals surface area contributed by atoms with E-state index in [0.29, 0.717) is 19.6 Å². The van der Waals surface area contributed by atoms with Crippen LogP contribution in [0.5, 0.6) is 0 Å². The molecule has 0 saturated heterocycles. The number of aliphatic hydroxyl groups excluding tert-OH is 1. The normalized spacial score (nSPS) is 12.5. The van der Waals surface area contributed by atoms with Crippen LogP contribution < -0.4 is 5.32 Å². The molecular formula is C16H23N3O2. The van der Waals surface area contributed by atoms with E-state index in [1.54, 1.807) is 7.11 Å². The zero-order valence-corrected chi connectivity index (χ0v) is 12.6. The minimum atomic E-state index is 0.138. The maximum atomic E-state index is 9.08. The Morgan fingerprint density at radius 3 is 2.76 bits per heavy atom. The van der Waals surface area contributed by atoms with Gasteiger partial charge in [0.05, 0.1) is 18.5 Å². The third-order valence-corrected chi connectivity index (χ3v) is 3.44. The summed E-state index contributed by atoms with van der Waals surface area (Å²) in [5.41, 5.74) is 2.20. The Labute approximate surface area is 125 Å². The van der Waals surface area contributed by atoms with Crippen LogP contribution in [0.25, 0.3) is 5.69 Å². The maximum Gasteiger partial charge on any atom is 0.110 e. The van der Waals surface area contributed by atoms with Gasteiger partial charge in [-0.05, 0) is 25.5 Å². The topological polar surface area (TPSA) is 59.3 Å². The summed E-state index contributed by atoms with van der Waals surface area (Å²) >= 11 is 0. The summed E-state index contributed by atoms with van der Waals surface area (Å²) in [5.74, 6) is 0.962. The van der Waals surface area contributed by atoms with Crippen molar-refractivity contribution in [1.29, 1.82) is 0 Å². The fourth-order valence-corrected chi connectivity index (χ4v) is 2.40. The second-order valence-electron chi connectivity index (χ2n) is 5.01. The van der Waals surface area contributed by atoms with Gasteiger partial charge in [-0.1, -0.05) is 18.2 Å². The van der Waals surface area contributed by atoms with Crippen LogP contribution in [0.2, 0.25) is 0 Å². The molecule has 1 heterocycles. The fourth-order valence-electron chi connectivity index (χ4n) is 2.40. The highest BCUT2D eigenvalue weighted by Gasteiger charge is 2.11. The molecular weight excluding hydrogens is 266 g/mol. The number of nitrogens with zero attached hydrogens (tertiary/aromatic N) is 2. The Morgan fingerprint density at radius 1 is 1.33 bits per heavy atom. The molecule has 0 aliphatic rings. The van der Waals surface area contributed by atoms with Crippen LogP contribution in [-0.2, 0) is 11.3 Å². The molecule has 2 rings (SSSR count). The van der Waals surface area contributed by atoms with Gasteiger partial charge in [0, 0.05) is 32.0 Å². The van der Waals surface area contributed by atoms with Crippen molar-refractivity contribution in [2.24, 2.45) is 0 Å². The molecule has 21 heavy (non-hydrogen) atoms. The smallest absolute Gasteiger partial charge is 0.110 e. The summed E-state index contributed by atoms with van der Waals surface area (Å²) in [4.78, 5) is 4.41. The summed E-state index contributed by atoms with van der Waals surface area (Å²) in [5, 5.41) is 12.5. The summed E-state index contributed by atoms with van der Waals surface area (Å²) in [6.07, 6.45) is 2.56. The number of imidazole rings is 1. The minimum Gasteiger partial charge on any atom is -0.396 e. The first kappa shape index (κ1) is 15.7. The quantitative estimate of drug-likeness (QED) is 0.776. The van der Waals surface area contributed by atoms with E-state index in [1.165, 1.54) is 0 Å². The molecule has 2 N–H and O–H groups in total. The van der Waals surface area contributed by atoms with Gasteiger partial charge in [-0.15, -0.1) is 0 Å². The van der Waals surface area contributed by atoms with Crippen LogP contribution in [-0.4, -0.2) is 41.0 Å². The third kappa shape index (κ3) is 4.14. The molecule has 2 aromatic rings. The molecule has 0 saturated carbocycles.